The van der Waals surface area contributed by atoms with E-state index in [4.69, 9.17) is 5.53 Å². The Hall–Kier alpha value is -1.22. The predicted octanol–water partition coefficient (Wildman–Crippen LogP) is 2.48. The first-order chi connectivity index (χ1) is 7.81. The van der Waals surface area contributed by atoms with Gasteiger partial charge in [-0.3, -0.25) is 4.79 Å². The second-order valence-corrected chi connectivity index (χ2v) is 4.74. The lowest BCUT2D eigenvalue weighted by Gasteiger charge is -2.31. The molecule has 0 aromatic carbocycles. The number of amides is 1. The van der Waals surface area contributed by atoms with E-state index in [0.717, 1.165) is 38.8 Å². The van der Waals surface area contributed by atoms with Crippen molar-refractivity contribution in [1.29, 1.82) is 0 Å². The largest absolute Gasteiger partial charge is 0.342 e. The first-order valence-corrected chi connectivity index (χ1v) is 6.14. The number of rotatable bonds is 2. The van der Waals surface area contributed by atoms with Crippen LogP contribution in [0.4, 0.5) is 0 Å². The van der Waals surface area contributed by atoms with Gasteiger partial charge in [0, 0.05) is 30.0 Å². The molecule has 88 valence electrons. The van der Waals surface area contributed by atoms with Crippen LogP contribution in [0.15, 0.2) is 5.11 Å². The zero-order chi connectivity index (χ0) is 11.4. The van der Waals surface area contributed by atoms with Gasteiger partial charge < -0.3 is 4.90 Å². The van der Waals surface area contributed by atoms with Gasteiger partial charge >= 0.3 is 0 Å². The molecule has 0 atom stereocenters. The number of nitrogens with zero attached hydrogens (tertiary/aromatic N) is 4. The van der Waals surface area contributed by atoms with E-state index in [2.05, 4.69) is 10.0 Å². The molecule has 5 heteroatoms. The van der Waals surface area contributed by atoms with Gasteiger partial charge in [0.15, 0.2) is 0 Å². The van der Waals surface area contributed by atoms with Gasteiger partial charge in [-0.2, -0.15) is 0 Å². The molecular weight excluding hydrogens is 204 g/mol. The number of carbonyl (C=O) groups is 1. The summed E-state index contributed by atoms with van der Waals surface area (Å²) in [6.45, 7) is 1.53. The van der Waals surface area contributed by atoms with Crippen LogP contribution in [0.5, 0.6) is 0 Å². The van der Waals surface area contributed by atoms with Crippen molar-refractivity contribution in [3.63, 3.8) is 0 Å². The summed E-state index contributed by atoms with van der Waals surface area (Å²) >= 11 is 0. The molecule has 0 spiro atoms. The van der Waals surface area contributed by atoms with Crippen LogP contribution >= 0.6 is 0 Å². The lowest BCUT2D eigenvalue weighted by molar-refractivity contribution is -0.136. The monoisotopic (exact) mass is 222 g/mol. The van der Waals surface area contributed by atoms with Gasteiger partial charge in [-0.15, -0.1) is 0 Å². The SMILES string of the molecule is [N-]=[N+]=NC1CCN(C(=O)C2CCCC2)CC1. The highest BCUT2D eigenvalue weighted by Gasteiger charge is 2.29. The van der Waals surface area contributed by atoms with Gasteiger partial charge in [-0.25, -0.2) is 0 Å². The van der Waals surface area contributed by atoms with Crippen molar-refractivity contribution in [3.8, 4) is 0 Å². The maximum absolute atomic E-state index is 12.1. The summed E-state index contributed by atoms with van der Waals surface area (Å²) in [5.74, 6) is 0.605. The molecule has 0 aromatic rings. The maximum Gasteiger partial charge on any atom is 0.225 e. The number of piperidine rings is 1. The lowest BCUT2D eigenvalue weighted by Crippen LogP contribution is -2.42. The van der Waals surface area contributed by atoms with Gasteiger partial charge in [0.05, 0.1) is 0 Å². The fraction of sp³-hybridized carbons (Fsp3) is 0.909. The van der Waals surface area contributed by atoms with E-state index in [1.165, 1.54) is 12.8 Å². The molecule has 1 amide bonds. The van der Waals surface area contributed by atoms with Crippen LogP contribution in [0, 0.1) is 5.92 Å². The molecule has 1 aliphatic carbocycles. The molecule has 1 saturated carbocycles. The van der Waals surface area contributed by atoms with E-state index in [0.29, 0.717) is 5.91 Å². The topological polar surface area (TPSA) is 69.1 Å². The minimum absolute atomic E-state index is 0.0950. The smallest absolute Gasteiger partial charge is 0.225 e. The van der Waals surface area contributed by atoms with Crippen LogP contribution in [0.2, 0.25) is 0 Å². The molecule has 2 rings (SSSR count). The Kier molecular flexibility index (Phi) is 3.67. The van der Waals surface area contributed by atoms with Gasteiger partial charge in [-0.1, -0.05) is 18.0 Å². The molecule has 0 radical (unpaired) electrons. The van der Waals surface area contributed by atoms with Gasteiger partial charge in [0.1, 0.15) is 0 Å². The molecule has 1 saturated heterocycles. The summed E-state index contributed by atoms with van der Waals surface area (Å²) in [7, 11) is 0. The van der Waals surface area contributed by atoms with Gasteiger partial charge in [0.25, 0.3) is 0 Å². The molecule has 0 bridgehead atoms. The average Bonchev–Trinajstić information content (AvgIpc) is 2.83. The summed E-state index contributed by atoms with van der Waals surface area (Å²) in [4.78, 5) is 16.9. The molecule has 1 heterocycles. The van der Waals surface area contributed by atoms with Crippen molar-refractivity contribution in [2.24, 2.45) is 11.0 Å². The third-order valence-corrected chi connectivity index (χ3v) is 3.70. The minimum Gasteiger partial charge on any atom is -0.342 e. The van der Waals surface area contributed by atoms with Crippen molar-refractivity contribution in [1.82, 2.24) is 4.90 Å². The Morgan fingerprint density at radius 1 is 1.19 bits per heavy atom. The molecule has 0 N–H and O–H groups in total. The summed E-state index contributed by atoms with van der Waals surface area (Å²) in [5, 5.41) is 3.72. The average molecular weight is 222 g/mol. The van der Waals surface area contributed by atoms with Crippen molar-refractivity contribution in [2.45, 2.75) is 44.6 Å². The Morgan fingerprint density at radius 3 is 2.38 bits per heavy atom. The lowest BCUT2D eigenvalue weighted by atomic mass is 10.0. The predicted molar refractivity (Wildman–Crippen MR) is 60.7 cm³/mol. The van der Waals surface area contributed by atoms with Crippen LogP contribution in [0.25, 0.3) is 10.4 Å². The number of azide groups is 1. The van der Waals surface area contributed by atoms with Crippen molar-refractivity contribution in [2.75, 3.05) is 13.1 Å². The highest BCUT2D eigenvalue weighted by Crippen LogP contribution is 2.27. The van der Waals surface area contributed by atoms with E-state index < -0.39 is 0 Å². The molecule has 1 aliphatic heterocycles. The number of likely N-dealkylation sites (tertiary alicyclic amines) is 1. The third-order valence-electron chi connectivity index (χ3n) is 3.70. The van der Waals surface area contributed by atoms with Crippen molar-refractivity contribution >= 4 is 5.91 Å². The highest BCUT2D eigenvalue weighted by molar-refractivity contribution is 5.79. The third kappa shape index (κ3) is 2.47. The van der Waals surface area contributed by atoms with Crippen molar-refractivity contribution < 1.29 is 4.79 Å². The Bertz CT molecular complexity index is 297. The summed E-state index contributed by atoms with van der Waals surface area (Å²) in [6, 6.07) is 0.0950. The van der Waals surface area contributed by atoms with Crippen LogP contribution < -0.4 is 0 Å². The quantitative estimate of drug-likeness (QED) is 0.402. The van der Waals surface area contributed by atoms with Gasteiger partial charge in [-0.05, 0) is 31.2 Å². The van der Waals surface area contributed by atoms with E-state index in [1.54, 1.807) is 0 Å². The van der Waals surface area contributed by atoms with Crippen LogP contribution in [-0.2, 0) is 4.79 Å². The maximum atomic E-state index is 12.1. The van der Waals surface area contributed by atoms with Gasteiger partial charge in [0.2, 0.25) is 5.91 Å². The van der Waals surface area contributed by atoms with Crippen LogP contribution in [0.3, 0.4) is 0 Å². The first-order valence-electron chi connectivity index (χ1n) is 6.14. The molecule has 0 aromatic heterocycles. The number of hydrogen-bond acceptors (Lipinski definition) is 2. The molecule has 2 fully saturated rings. The van der Waals surface area contributed by atoms with E-state index in [9.17, 15) is 4.79 Å². The summed E-state index contributed by atoms with van der Waals surface area (Å²) in [5.41, 5.74) is 8.34. The molecule has 16 heavy (non-hydrogen) atoms. The zero-order valence-corrected chi connectivity index (χ0v) is 9.51. The first kappa shape index (κ1) is 11.3. The molecule has 0 unspecified atom stereocenters. The van der Waals surface area contributed by atoms with Crippen molar-refractivity contribution in [3.05, 3.63) is 10.4 Å². The minimum atomic E-state index is 0.0950. The van der Waals surface area contributed by atoms with Crippen LogP contribution in [0.1, 0.15) is 38.5 Å². The zero-order valence-electron chi connectivity index (χ0n) is 9.51. The fourth-order valence-corrected chi connectivity index (χ4v) is 2.71. The molecular formula is C11H18N4O. The highest BCUT2D eigenvalue weighted by atomic mass is 16.2. The van der Waals surface area contributed by atoms with E-state index >= 15 is 0 Å². The fourth-order valence-electron chi connectivity index (χ4n) is 2.71. The Balaban J connectivity index is 1.83. The Labute approximate surface area is 95.4 Å². The standard InChI is InChI=1S/C11H18N4O/c12-14-13-10-5-7-15(8-6-10)11(16)9-3-1-2-4-9/h9-10H,1-8H2. The molecule has 2 aliphatic rings. The Morgan fingerprint density at radius 2 is 1.81 bits per heavy atom. The number of hydrogen-bond donors (Lipinski definition) is 0. The molecule has 5 nitrogen and oxygen atoms in total. The summed E-state index contributed by atoms with van der Waals surface area (Å²) < 4.78 is 0. The normalized spacial score (nSPS) is 23.1. The second kappa shape index (κ2) is 5.21. The van der Waals surface area contributed by atoms with E-state index in [-0.39, 0.29) is 12.0 Å². The summed E-state index contributed by atoms with van der Waals surface area (Å²) in [6.07, 6.45) is 6.17. The van der Waals surface area contributed by atoms with E-state index in [1.807, 2.05) is 4.90 Å². The van der Waals surface area contributed by atoms with Crippen LogP contribution in [-0.4, -0.2) is 29.9 Å². The number of carbonyl (C=O) groups excluding carboxylic acids is 1. The second-order valence-electron chi connectivity index (χ2n) is 4.74.